The van der Waals surface area contributed by atoms with E-state index in [4.69, 9.17) is 5.73 Å². The summed E-state index contributed by atoms with van der Waals surface area (Å²) in [7, 11) is 1.29. The minimum Gasteiger partial charge on any atom is -0.465 e. The first-order chi connectivity index (χ1) is 6.74. The lowest BCUT2D eigenvalue weighted by Crippen LogP contribution is -2.06. The number of H-pyrrole nitrogens is 1. The highest BCUT2D eigenvalue weighted by Crippen LogP contribution is 2.20. The number of nitrogen functional groups attached to an aromatic ring is 1. The number of nitrogens with two attached hydrogens (primary N) is 1. The maximum absolute atomic E-state index is 11.2. The number of carbonyl (C=O) groups is 1. The highest BCUT2D eigenvalue weighted by Gasteiger charge is 2.14. The van der Waals surface area contributed by atoms with Crippen LogP contribution in [0.5, 0.6) is 0 Å². The molecule has 0 aromatic carbocycles. The monoisotopic (exact) mass is 192 g/mol. The van der Waals surface area contributed by atoms with Crippen LogP contribution in [0.25, 0.3) is 11.0 Å². The fourth-order valence-electron chi connectivity index (χ4n) is 1.19. The van der Waals surface area contributed by atoms with Crippen molar-refractivity contribution in [1.29, 1.82) is 0 Å². The summed E-state index contributed by atoms with van der Waals surface area (Å²) in [5.41, 5.74) is 7.44. The van der Waals surface area contributed by atoms with E-state index < -0.39 is 5.97 Å². The molecule has 0 aliphatic carbocycles. The van der Waals surface area contributed by atoms with Crippen LogP contribution in [0.15, 0.2) is 12.4 Å². The van der Waals surface area contributed by atoms with Crippen LogP contribution in [0, 0.1) is 0 Å². The molecule has 6 heteroatoms. The summed E-state index contributed by atoms with van der Waals surface area (Å²) in [6, 6.07) is 0. The molecule has 0 saturated carbocycles. The quantitative estimate of drug-likeness (QED) is 0.635. The predicted molar refractivity (Wildman–Crippen MR) is 49.6 cm³/mol. The zero-order valence-corrected chi connectivity index (χ0v) is 7.44. The molecule has 6 nitrogen and oxygen atoms in total. The number of methoxy groups -OCH3 is 1. The van der Waals surface area contributed by atoms with Gasteiger partial charge in [0.05, 0.1) is 19.0 Å². The molecule has 3 N–H and O–H groups in total. The van der Waals surface area contributed by atoms with Gasteiger partial charge in [0.25, 0.3) is 0 Å². The van der Waals surface area contributed by atoms with Crippen LogP contribution in [-0.2, 0) is 4.74 Å². The second kappa shape index (κ2) is 2.99. The van der Waals surface area contributed by atoms with Crippen molar-refractivity contribution in [2.24, 2.45) is 0 Å². The van der Waals surface area contributed by atoms with E-state index in [0.29, 0.717) is 16.7 Å². The van der Waals surface area contributed by atoms with Crippen LogP contribution in [-0.4, -0.2) is 28.3 Å². The Hall–Kier alpha value is -2.11. The minimum atomic E-state index is -0.508. The Kier molecular flexibility index (Phi) is 1.81. The van der Waals surface area contributed by atoms with Gasteiger partial charge in [-0.3, -0.25) is 10.1 Å². The maximum Gasteiger partial charge on any atom is 0.341 e. The molecule has 0 fully saturated rings. The number of fused-ring (bicyclic) bond motifs is 1. The fourth-order valence-corrected chi connectivity index (χ4v) is 1.19. The Morgan fingerprint density at radius 2 is 2.36 bits per heavy atom. The van der Waals surface area contributed by atoms with Crippen LogP contribution < -0.4 is 5.73 Å². The van der Waals surface area contributed by atoms with Gasteiger partial charge in [-0.25, -0.2) is 4.79 Å². The van der Waals surface area contributed by atoms with E-state index in [0.717, 1.165) is 0 Å². The molecule has 72 valence electrons. The number of aromatic nitrogens is 3. The molecule has 2 rings (SSSR count). The molecule has 2 heterocycles. The highest BCUT2D eigenvalue weighted by molar-refractivity contribution is 6.02. The standard InChI is InChI=1S/C8H8N4O2/c1-14-8(13)4-2-10-5-3-11-12-7(5)6(4)9/h2-3H,1H3,(H2,9,10)(H,11,12). The van der Waals surface area contributed by atoms with Crippen molar-refractivity contribution >= 4 is 22.7 Å². The van der Waals surface area contributed by atoms with Gasteiger partial charge in [-0.05, 0) is 0 Å². The summed E-state index contributed by atoms with van der Waals surface area (Å²) in [4.78, 5) is 15.2. The molecule has 0 aliphatic heterocycles. The predicted octanol–water partition coefficient (Wildman–Crippen LogP) is 0.327. The molecule has 0 unspecified atom stereocenters. The number of nitrogens with zero attached hydrogens (tertiary/aromatic N) is 2. The number of anilines is 1. The lowest BCUT2D eigenvalue weighted by atomic mass is 10.2. The third-order valence-corrected chi connectivity index (χ3v) is 1.92. The number of esters is 1. The van der Waals surface area contributed by atoms with E-state index in [1.54, 1.807) is 0 Å². The van der Waals surface area contributed by atoms with Crippen LogP contribution in [0.4, 0.5) is 5.69 Å². The Bertz CT molecular complexity index is 491. The number of carbonyl (C=O) groups excluding carboxylic acids is 1. The van der Waals surface area contributed by atoms with E-state index >= 15 is 0 Å². The van der Waals surface area contributed by atoms with Gasteiger partial charge in [-0.1, -0.05) is 0 Å². The van der Waals surface area contributed by atoms with Crippen LogP contribution in [0.3, 0.4) is 0 Å². The normalized spacial score (nSPS) is 10.4. The van der Waals surface area contributed by atoms with Crippen LogP contribution in [0.1, 0.15) is 10.4 Å². The van der Waals surface area contributed by atoms with Crippen LogP contribution >= 0.6 is 0 Å². The van der Waals surface area contributed by atoms with Crippen molar-refractivity contribution in [2.75, 3.05) is 12.8 Å². The first-order valence-electron chi connectivity index (χ1n) is 3.90. The molecule has 2 aromatic rings. The Balaban J connectivity index is 2.67. The number of rotatable bonds is 1. The molecule has 0 saturated heterocycles. The van der Waals surface area contributed by atoms with Gasteiger partial charge in [0.1, 0.15) is 16.6 Å². The minimum absolute atomic E-state index is 0.240. The van der Waals surface area contributed by atoms with Crippen molar-refractivity contribution in [1.82, 2.24) is 15.2 Å². The number of hydrogen-bond donors (Lipinski definition) is 2. The van der Waals surface area contributed by atoms with E-state index in [2.05, 4.69) is 19.9 Å². The van der Waals surface area contributed by atoms with Crippen molar-refractivity contribution in [3.63, 3.8) is 0 Å². The number of nitrogens with one attached hydrogen (secondary N) is 1. The van der Waals surface area contributed by atoms with Crippen molar-refractivity contribution in [2.45, 2.75) is 0 Å². The molecule has 0 bridgehead atoms. The largest absolute Gasteiger partial charge is 0.465 e. The van der Waals surface area contributed by atoms with Crippen molar-refractivity contribution in [3.05, 3.63) is 18.0 Å². The summed E-state index contributed by atoms with van der Waals surface area (Å²) in [6.07, 6.45) is 2.91. The molecule has 0 spiro atoms. The Labute approximate surface area is 79.1 Å². The molecule has 0 atom stereocenters. The number of hydrogen-bond acceptors (Lipinski definition) is 5. The van der Waals surface area contributed by atoms with E-state index in [-0.39, 0.29) is 5.56 Å². The van der Waals surface area contributed by atoms with Crippen molar-refractivity contribution < 1.29 is 9.53 Å². The van der Waals surface area contributed by atoms with Gasteiger partial charge in [-0.2, -0.15) is 5.10 Å². The first kappa shape index (κ1) is 8.49. The van der Waals surface area contributed by atoms with E-state index in [9.17, 15) is 4.79 Å². The average Bonchev–Trinajstić information content (AvgIpc) is 2.66. The van der Waals surface area contributed by atoms with E-state index in [1.807, 2.05) is 0 Å². The summed E-state index contributed by atoms with van der Waals surface area (Å²) in [5, 5.41) is 6.43. The fraction of sp³-hybridized carbons (Fsp3) is 0.125. The number of aromatic amines is 1. The van der Waals surface area contributed by atoms with Gasteiger partial charge in [0, 0.05) is 6.20 Å². The third-order valence-electron chi connectivity index (χ3n) is 1.92. The molecular formula is C8H8N4O2. The molecule has 0 amide bonds. The third kappa shape index (κ3) is 1.08. The van der Waals surface area contributed by atoms with Gasteiger partial charge < -0.3 is 10.5 Å². The molecule has 0 radical (unpaired) electrons. The van der Waals surface area contributed by atoms with E-state index in [1.165, 1.54) is 19.5 Å². The number of pyridine rings is 1. The molecule has 0 aliphatic rings. The number of ether oxygens (including phenoxy) is 1. The lowest BCUT2D eigenvalue weighted by molar-refractivity contribution is 0.0601. The second-order valence-corrected chi connectivity index (χ2v) is 2.71. The Morgan fingerprint density at radius 3 is 3.07 bits per heavy atom. The van der Waals surface area contributed by atoms with Crippen molar-refractivity contribution in [3.8, 4) is 0 Å². The summed E-state index contributed by atoms with van der Waals surface area (Å²) in [6.45, 7) is 0. The van der Waals surface area contributed by atoms with Gasteiger partial charge >= 0.3 is 5.97 Å². The maximum atomic E-state index is 11.2. The zero-order chi connectivity index (χ0) is 10.1. The highest BCUT2D eigenvalue weighted by atomic mass is 16.5. The molecule has 14 heavy (non-hydrogen) atoms. The lowest BCUT2D eigenvalue weighted by Gasteiger charge is -2.02. The SMILES string of the molecule is COC(=O)c1cnc2cn[nH]c2c1N. The summed E-state index contributed by atoms with van der Waals surface area (Å²) >= 11 is 0. The first-order valence-corrected chi connectivity index (χ1v) is 3.90. The van der Waals surface area contributed by atoms with Crippen LogP contribution in [0.2, 0.25) is 0 Å². The summed E-state index contributed by atoms with van der Waals surface area (Å²) < 4.78 is 4.55. The molecular weight excluding hydrogens is 184 g/mol. The van der Waals surface area contributed by atoms with Gasteiger partial charge in [0.15, 0.2) is 0 Å². The van der Waals surface area contributed by atoms with Gasteiger partial charge in [-0.15, -0.1) is 0 Å². The smallest absolute Gasteiger partial charge is 0.341 e. The summed E-state index contributed by atoms with van der Waals surface area (Å²) in [5.74, 6) is -0.508. The second-order valence-electron chi connectivity index (χ2n) is 2.71. The Morgan fingerprint density at radius 1 is 1.57 bits per heavy atom. The topological polar surface area (TPSA) is 93.9 Å². The van der Waals surface area contributed by atoms with Gasteiger partial charge in [0.2, 0.25) is 0 Å². The molecule has 2 aromatic heterocycles. The average molecular weight is 192 g/mol. The zero-order valence-electron chi connectivity index (χ0n) is 7.44.